The Hall–Kier alpha value is 0.860. The zero-order valence-corrected chi connectivity index (χ0v) is 11.8. The van der Waals surface area contributed by atoms with E-state index in [9.17, 15) is 0 Å². The molecule has 0 nitrogen and oxygen atoms in total. The van der Waals surface area contributed by atoms with Gasteiger partial charge < -0.3 is 0 Å². The van der Waals surface area contributed by atoms with Gasteiger partial charge in [-0.25, -0.2) is 0 Å². The number of hydrogen-bond acceptors (Lipinski definition) is 0. The van der Waals surface area contributed by atoms with Gasteiger partial charge in [0.05, 0.1) is 0 Å². The third-order valence-corrected chi connectivity index (χ3v) is 10.3. The van der Waals surface area contributed by atoms with E-state index in [0.29, 0.717) is 10.3 Å². The summed E-state index contributed by atoms with van der Waals surface area (Å²) < 4.78 is 0. The first kappa shape index (κ1) is 11.9. The second-order valence-corrected chi connectivity index (χ2v) is 11.8. The third-order valence-electron chi connectivity index (χ3n) is 3.70. The molecule has 2 heteroatoms. The minimum absolute atomic E-state index is 0.270. The van der Waals surface area contributed by atoms with E-state index in [0.717, 1.165) is 0 Å². The molecule has 1 saturated heterocycles. The maximum atomic E-state index is 2.50. The Kier molecular flexibility index (Phi) is 3.47. The van der Waals surface area contributed by atoms with E-state index in [1.54, 1.807) is 0 Å². The molecule has 0 aromatic rings. The average molecular weight is 218 g/mol. The second-order valence-electron chi connectivity index (χ2n) is 5.64. The van der Waals surface area contributed by atoms with Gasteiger partial charge >= 0.3 is 0 Å². The molecule has 1 rings (SSSR count). The molecule has 1 fully saturated rings. The van der Waals surface area contributed by atoms with Crippen LogP contribution in [0, 0.1) is 0 Å². The molecule has 1 aliphatic heterocycles. The molecule has 1 aliphatic rings. The fourth-order valence-corrected chi connectivity index (χ4v) is 7.30. The van der Waals surface area contributed by atoms with Gasteiger partial charge in [-0.2, -0.15) is 0 Å². The van der Waals surface area contributed by atoms with Crippen LogP contribution < -0.4 is 0 Å². The number of hydrogen-bond donors (Lipinski definition) is 0. The van der Waals surface area contributed by atoms with E-state index in [4.69, 9.17) is 0 Å². The standard InChI is InChI=1S/C11H24P2/c1-10(2)9-11(3,4)13(6)8-7-12(10)5/h7-9H2,1-6H3/t12-,13-/m0/s1. The van der Waals surface area contributed by atoms with E-state index < -0.39 is 0 Å². The van der Waals surface area contributed by atoms with Crippen LogP contribution in [0.2, 0.25) is 0 Å². The summed E-state index contributed by atoms with van der Waals surface area (Å²) in [5.41, 5.74) is 0. The average Bonchev–Trinajstić information content (AvgIpc) is 2.00. The zero-order valence-electron chi connectivity index (χ0n) is 10.0. The summed E-state index contributed by atoms with van der Waals surface area (Å²) in [7, 11) is 0.539. The molecule has 0 spiro atoms. The first-order chi connectivity index (χ1) is 5.76. The fourth-order valence-electron chi connectivity index (χ4n) is 2.23. The maximum absolute atomic E-state index is 2.50. The van der Waals surface area contributed by atoms with E-state index in [2.05, 4.69) is 41.0 Å². The predicted molar refractivity (Wildman–Crippen MR) is 68.2 cm³/mol. The summed E-state index contributed by atoms with van der Waals surface area (Å²) in [6, 6.07) is 0. The van der Waals surface area contributed by atoms with Gasteiger partial charge in [0.25, 0.3) is 0 Å². The summed E-state index contributed by atoms with van der Waals surface area (Å²) in [4.78, 5) is 0. The summed E-state index contributed by atoms with van der Waals surface area (Å²) in [6.45, 7) is 14.9. The first-order valence-corrected chi connectivity index (χ1v) is 9.13. The summed E-state index contributed by atoms with van der Waals surface area (Å²) in [6.07, 6.45) is 4.45. The van der Waals surface area contributed by atoms with Crippen LogP contribution in [0.4, 0.5) is 0 Å². The molecule has 2 atom stereocenters. The monoisotopic (exact) mass is 218 g/mol. The smallest absolute Gasteiger partial charge is 0.0145 e. The molecule has 13 heavy (non-hydrogen) atoms. The van der Waals surface area contributed by atoms with Crippen molar-refractivity contribution < 1.29 is 0 Å². The van der Waals surface area contributed by atoms with Crippen molar-refractivity contribution in [2.75, 3.05) is 25.7 Å². The van der Waals surface area contributed by atoms with Crippen LogP contribution in [0.15, 0.2) is 0 Å². The van der Waals surface area contributed by atoms with Crippen molar-refractivity contribution in [2.45, 2.75) is 44.4 Å². The molecular weight excluding hydrogens is 194 g/mol. The molecular formula is C11H24P2. The van der Waals surface area contributed by atoms with E-state index in [1.165, 1.54) is 18.7 Å². The van der Waals surface area contributed by atoms with Gasteiger partial charge in [-0.1, -0.05) is 27.7 Å². The van der Waals surface area contributed by atoms with Crippen LogP contribution in [0.25, 0.3) is 0 Å². The Bertz CT molecular complexity index is 165. The SMILES string of the molecule is C[P@@]1CC[P@](C)C(C)(C)CC1(C)C. The third kappa shape index (κ3) is 2.66. The molecule has 0 unspecified atom stereocenters. The topological polar surface area (TPSA) is 0 Å². The molecule has 0 N–H and O–H groups in total. The molecule has 0 amide bonds. The van der Waals surface area contributed by atoms with Gasteiger partial charge in [0.1, 0.15) is 0 Å². The lowest BCUT2D eigenvalue weighted by molar-refractivity contribution is 0.530. The van der Waals surface area contributed by atoms with Gasteiger partial charge in [-0.05, 0) is 42.4 Å². The molecule has 1 heterocycles. The molecule has 0 aliphatic carbocycles. The number of rotatable bonds is 0. The molecule has 0 saturated carbocycles. The second kappa shape index (κ2) is 3.79. The summed E-state index contributed by atoms with van der Waals surface area (Å²) in [5, 5.41) is 1.23. The normalized spacial score (nSPS) is 38.3. The molecule has 0 bridgehead atoms. The van der Waals surface area contributed by atoms with Crippen molar-refractivity contribution in [2.24, 2.45) is 0 Å². The van der Waals surface area contributed by atoms with E-state index in [-0.39, 0.29) is 15.8 Å². The molecule has 0 aromatic carbocycles. The van der Waals surface area contributed by atoms with Crippen LogP contribution in [0.1, 0.15) is 34.1 Å². The highest BCUT2D eigenvalue weighted by molar-refractivity contribution is 7.63. The lowest BCUT2D eigenvalue weighted by Crippen LogP contribution is -2.28. The highest BCUT2D eigenvalue weighted by atomic mass is 31.1. The fraction of sp³-hybridized carbons (Fsp3) is 1.00. The van der Waals surface area contributed by atoms with E-state index in [1.807, 2.05) is 0 Å². The lowest BCUT2D eigenvalue weighted by Gasteiger charge is -2.38. The van der Waals surface area contributed by atoms with Crippen molar-refractivity contribution in [3.63, 3.8) is 0 Å². The van der Waals surface area contributed by atoms with Crippen molar-refractivity contribution in [1.82, 2.24) is 0 Å². The summed E-state index contributed by atoms with van der Waals surface area (Å²) >= 11 is 0. The van der Waals surface area contributed by atoms with Gasteiger partial charge in [0.2, 0.25) is 0 Å². The van der Waals surface area contributed by atoms with Crippen molar-refractivity contribution in [3.8, 4) is 0 Å². The van der Waals surface area contributed by atoms with Crippen LogP contribution in [0.5, 0.6) is 0 Å². The molecule has 0 radical (unpaired) electrons. The maximum Gasteiger partial charge on any atom is -0.0145 e. The van der Waals surface area contributed by atoms with Crippen LogP contribution in [-0.2, 0) is 0 Å². The first-order valence-electron chi connectivity index (χ1n) is 5.18. The van der Waals surface area contributed by atoms with Crippen molar-refractivity contribution in [1.29, 1.82) is 0 Å². The van der Waals surface area contributed by atoms with Crippen LogP contribution >= 0.6 is 15.8 Å². The highest BCUT2D eigenvalue weighted by Crippen LogP contribution is 2.62. The Labute approximate surface area is 86.4 Å². The minimum atomic E-state index is 0.270. The Morgan fingerprint density at radius 3 is 1.38 bits per heavy atom. The van der Waals surface area contributed by atoms with Gasteiger partial charge in [0, 0.05) is 0 Å². The Morgan fingerprint density at radius 1 is 0.769 bits per heavy atom. The minimum Gasteiger partial charge on any atom is -0.104 e. The van der Waals surface area contributed by atoms with Gasteiger partial charge in [-0.3, -0.25) is 0 Å². The van der Waals surface area contributed by atoms with Gasteiger partial charge in [0.15, 0.2) is 0 Å². The largest absolute Gasteiger partial charge is 0.104 e. The molecule has 0 aromatic heterocycles. The predicted octanol–water partition coefficient (Wildman–Crippen LogP) is 4.17. The van der Waals surface area contributed by atoms with Crippen LogP contribution in [0.3, 0.4) is 0 Å². The van der Waals surface area contributed by atoms with Crippen LogP contribution in [-0.4, -0.2) is 36.0 Å². The van der Waals surface area contributed by atoms with Crippen molar-refractivity contribution >= 4 is 15.8 Å². The summed E-state index contributed by atoms with van der Waals surface area (Å²) in [5.74, 6) is 0. The Morgan fingerprint density at radius 2 is 1.08 bits per heavy atom. The quantitative estimate of drug-likeness (QED) is 0.535. The van der Waals surface area contributed by atoms with Gasteiger partial charge in [-0.15, -0.1) is 15.8 Å². The van der Waals surface area contributed by atoms with E-state index >= 15 is 0 Å². The highest BCUT2D eigenvalue weighted by Gasteiger charge is 2.38. The lowest BCUT2D eigenvalue weighted by atomic mass is 9.99. The molecule has 78 valence electrons. The Balaban J connectivity index is 2.84. The zero-order chi connectivity index (χ0) is 10.3. The van der Waals surface area contributed by atoms with Crippen molar-refractivity contribution in [3.05, 3.63) is 0 Å².